The number of hydrogen-bond acceptors (Lipinski definition) is 4. The number of carbonyl (C=O) groups excluding carboxylic acids is 2. The summed E-state index contributed by atoms with van der Waals surface area (Å²) in [5, 5.41) is 13.9. The predicted octanol–water partition coefficient (Wildman–Crippen LogP) is 6.79. The van der Waals surface area contributed by atoms with E-state index in [0.29, 0.717) is 31.0 Å². The predicted molar refractivity (Wildman–Crippen MR) is 164 cm³/mol. The highest BCUT2D eigenvalue weighted by molar-refractivity contribution is 9.10. The summed E-state index contributed by atoms with van der Waals surface area (Å²) >= 11 is 11.2. The number of aliphatic hydroxyl groups excluding tert-OH is 1. The summed E-state index contributed by atoms with van der Waals surface area (Å²) in [6.07, 6.45) is 3.21. The molecule has 1 aliphatic rings. The van der Waals surface area contributed by atoms with Crippen molar-refractivity contribution in [2.75, 3.05) is 13.2 Å². The lowest BCUT2D eigenvalue weighted by Crippen LogP contribution is -2.48. The minimum absolute atomic E-state index is 0.0544. The number of amides is 2. The maximum Gasteiger partial charge on any atom is 0.239 e. The van der Waals surface area contributed by atoms with E-state index in [-0.39, 0.29) is 24.8 Å². The van der Waals surface area contributed by atoms with E-state index in [2.05, 4.69) is 26.2 Å². The zero-order chi connectivity index (χ0) is 28.3. The van der Waals surface area contributed by atoms with Gasteiger partial charge in [0.15, 0.2) is 0 Å². The highest BCUT2D eigenvalue weighted by Gasteiger charge is 2.58. The summed E-state index contributed by atoms with van der Waals surface area (Å²) in [7, 11) is 0. The van der Waals surface area contributed by atoms with E-state index < -0.39 is 10.8 Å². The number of nitrogens with one attached hydrogen (secondary N) is 2. The SMILES string of the molecule is Cc1ccc(SC2(C(=O)NCCCCO)CC(=O)N(Cc3ccc(Br)cc3)C2c2c[nH]c3cc(Cl)ccc23)cc1. The molecule has 1 fully saturated rings. The maximum atomic E-state index is 14.3. The van der Waals surface area contributed by atoms with Gasteiger partial charge in [-0.3, -0.25) is 9.59 Å². The first kappa shape index (κ1) is 28.7. The van der Waals surface area contributed by atoms with Crippen LogP contribution in [0, 0.1) is 6.92 Å². The summed E-state index contributed by atoms with van der Waals surface area (Å²) in [6, 6.07) is 21.1. The van der Waals surface area contributed by atoms with E-state index in [4.69, 9.17) is 11.6 Å². The van der Waals surface area contributed by atoms with Gasteiger partial charge in [0.1, 0.15) is 4.75 Å². The molecule has 2 heterocycles. The number of nitrogens with zero attached hydrogens (tertiary/aromatic N) is 1. The number of halogens is 2. The zero-order valence-corrected chi connectivity index (χ0v) is 25.3. The summed E-state index contributed by atoms with van der Waals surface area (Å²) in [4.78, 5) is 34.3. The highest BCUT2D eigenvalue weighted by Crippen LogP contribution is 2.54. The van der Waals surface area contributed by atoms with Crippen LogP contribution in [0.5, 0.6) is 0 Å². The number of aryl methyl sites for hydroxylation is 1. The van der Waals surface area contributed by atoms with Crippen molar-refractivity contribution in [2.24, 2.45) is 0 Å². The Morgan fingerprint density at radius 2 is 1.90 bits per heavy atom. The lowest BCUT2D eigenvalue weighted by atomic mass is 9.91. The molecule has 1 aromatic heterocycles. The van der Waals surface area contributed by atoms with Gasteiger partial charge < -0.3 is 20.3 Å². The van der Waals surface area contributed by atoms with Gasteiger partial charge in [-0.05, 0) is 61.7 Å². The van der Waals surface area contributed by atoms with Crippen LogP contribution in [0.15, 0.2) is 82.3 Å². The third-order valence-electron chi connectivity index (χ3n) is 7.30. The Hall–Kier alpha value is -2.78. The Balaban J connectivity index is 1.64. The van der Waals surface area contributed by atoms with Crippen molar-refractivity contribution in [1.82, 2.24) is 15.2 Å². The zero-order valence-electron chi connectivity index (χ0n) is 22.1. The number of H-pyrrole nitrogens is 1. The third-order valence-corrected chi connectivity index (χ3v) is 9.49. The van der Waals surface area contributed by atoms with Gasteiger partial charge in [-0.15, -0.1) is 11.8 Å². The quantitative estimate of drug-likeness (QED) is 0.167. The molecule has 0 aliphatic carbocycles. The van der Waals surface area contributed by atoms with Gasteiger partial charge in [-0.1, -0.05) is 63.4 Å². The standard InChI is InChI=1S/C31H31BrClN3O3S/c1-20-4-11-24(12-5-20)40-31(30(39)34-14-2-3-15-37)17-28(38)36(19-21-6-8-22(32)9-7-21)29(31)26-18-35-27-16-23(33)10-13-25(26)27/h4-13,16,18,29,35,37H,2-3,14-15,17,19H2,1H3,(H,34,39). The van der Waals surface area contributed by atoms with Crippen LogP contribution >= 0.6 is 39.3 Å². The molecule has 2 unspecified atom stereocenters. The summed E-state index contributed by atoms with van der Waals surface area (Å²) in [5.74, 6) is -0.266. The molecular weight excluding hydrogens is 610 g/mol. The van der Waals surface area contributed by atoms with Gasteiger partial charge in [0, 0.05) is 56.8 Å². The Labute approximate surface area is 251 Å². The molecule has 2 atom stereocenters. The van der Waals surface area contributed by atoms with Crippen molar-refractivity contribution in [3.63, 3.8) is 0 Å². The molecule has 40 heavy (non-hydrogen) atoms. The molecule has 1 aliphatic heterocycles. The Bertz CT molecular complexity index is 1510. The molecule has 4 aromatic rings. The molecule has 9 heteroatoms. The van der Waals surface area contributed by atoms with Gasteiger partial charge in [-0.25, -0.2) is 0 Å². The minimum atomic E-state index is -1.13. The molecule has 2 amide bonds. The number of thioether (sulfide) groups is 1. The fourth-order valence-electron chi connectivity index (χ4n) is 5.30. The molecule has 0 bridgehead atoms. The number of likely N-dealkylation sites (tertiary alicyclic amines) is 1. The average Bonchev–Trinajstić information content (AvgIpc) is 3.46. The van der Waals surface area contributed by atoms with Crippen LogP contribution in [-0.2, 0) is 16.1 Å². The molecule has 6 nitrogen and oxygen atoms in total. The number of aromatic nitrogens is 1. The second-order valence-electron chi connectivity index (χ2n) is 10.2. The van der Waals surface area contributed by atoms with Crippen molar-refractivity contribution in [3.05, 3.63) is 99.1 Å². The highest BCUT2D eigenvalue weighted by atomic mass is 79.9. The van der Waals surface area contributed by atoms with Gasteiger partial charge in [0.05, 0.1) is 12.5 Å². The molecule has 3 aromatic carbocycles. The number of hydrogen-bond donors (Lipinski definition) is 3. The number of aromatic amines is 1. The molecule has 1 saturated heterocycles. The van der Waals surface area contributed by atoms with Gasteiger partial charge >= 0.3 is 0 Å². The molecule has 5 rings (SSSR count). The molecular formula is C31H31BrClN3O3S. The molecule has 0 radical (unpaired) electrons. The number of rotatable bonds is 10. The second kappa shape index (κ2) is 12.4. The first-order valence-electron chi connectivity index (χ1n) is 13.3. The van der Waals surface area contributed by atoms with Gasteiger partial charge in [0.2, 0.25) is 11.8 Å². The number of aliphatic hydroxyl groups is 1. The van der Waals surface area contributed by atoms with Crippen LogP contribution in [-0.4, -0.2) is 44.7 Å². The van der Waals surface area contributed by atoms with Crippen LogP contribution < -0.4 is 5.32 Å². The normalized spacial score (nSPS) is 18.9. The van der Waals surface area contributed by atoms with E-state index in [0.717, 1.165) is 37.0 Å². The summed E-state index contributed by atoms with van der Waals surface area (Å²) in [6.45, 7) is 2.88. The fourth-order valence-corrected chi connectivity index (χ4v) is 7.15. The van der Waals surface area contributed by atoms with Crippen molar-refractivity contribution in [2.45, 2.75) is 48.4 Å². The van der Waals surface area contributed by atoms with Crippen LogP contribution in [0.3, 0.4) is 0 Å². The van der Waals surface area contributed by atoms with Crippen molar-refractivity contribution in [1.29, 1.82) is 0 Å². The fraction of sp³-hybridized carbons (Fsp3) is 0.290. The van der Waals surface area contributed by atoms with E-state index >= 15 is 0 Å². The minimum Gasteiger partial charge on any atom is -0.396 e. The second-order valence-corrected chi connectivity index (χ2v) is 12.9. The van der Waals surface area contributed by atoms with Crippen molar-refractivity contribution >= 4 is 62.0 Å². The van der Waals surface area contributed by atoms with E-state index in [1.807, 2.05) is 84.8 Å². The summed E-state index contributed by atoms with van der Waals surface area (Å²) < 4.78 is -0.170. The number of fused-ring (bicyclic) bond motifs is 1. The molecule has 208 valence electrons. The topological polar surface area (TPSA) is 85.4 Å². The first-order chi connectivity index (χ1) is 19.3. The van der Waals surface area contributed by atoms with Gasteiger partial charge in [0.25, 0.3) is 0 Å². The number of unbranched alkanes of at least 4 members (excludes halogenated alkanes) is 1. The van der Waals surface area contributed by atoms with Gasteiger partial charge in [-0.2, -0.15) is 0 Å². The monoisotopic (exact) mass is 639 g/mol. The maximum absolute atomic E-state index is 14.3. The van der Waals surface area contributed by atoms with Crippen LogP contribution in [0.2, 0.25) is 5.02 Å². The first-order valence-corrected chi connectivity index (χ1v) is 15.2. The van der Waals surface area contributed by atoms with E-state index in [1.54, 1.807) is 0 Å². The molecule has 3 N–H and O–H groups in total. The number of carbonyl (C=O) groups is 2. The van der Waals surface area contributed by atoms with E-state index in [9.17, 15) is 14.7 Å². The van der Waals surface area contributed by atoms with Crippen molar-refractivity contribution in [3.8, 4) is 0 Å². The lowest BCUT2D eigenvalue weighted by Gasteiger charge is -2.36. The van der Waals surface area contributed by atoms with Crippen LogP contribution in [0.25, 0.3) is 10.9 Å². The number of benzene rings is 3. The van der Waals surface area contributed by atoms with Crippen molar-refractivity contribution < 1.29 is 14.7 Å². The van der Waals surface area contributed by atoms with Crippen LogP contribution in [0.1, 0.15) is 42.0 Å². The largest absolute Gasteiger partial charge is 0.396 e. The van der Waals surface area contributed by atoms with E-state index in [1.165, 1.54) is 11.8 Å². The Morgan fingerprint density at radius 1 is 1.15 bits per heavy atom. The smallest absolute Gasteiger partial charge is 0.239 e. The average molecular weight is 641 g/mol. The Kier molecular flexibility index (Phi) is 8.90. The molecule has 0 saturated carbocycles. The summed E-state index contributed by atoms with van der Waals surface area (Å²) in [5.41, 5.74) is 3.82. The molecule has 0 spiro atoms. The van der Waals surface area contributed by atoms with Crippen LogP contribution in [0.4, 0.5) is 0 Å². The third kappa shape index (κ3) is 5.96. The lowest BCUT2D eigenvalue weighted by molar-refractivity contribution is -0.129. The Morgan fingerprint density at radius 3 is 2.62 bits per heavy atom.